The number of hydrogen-bond acceptors (Lipinski definition) is 5. The molecule has 1 fully saturated rings. The molecule has 0 aliphatic carbocycles. The zero-order valence-corrected chi connectivity index (χ0v) is 22.8. The van der Waals surface area contributed by atoms with E-state index < -0.39 is 24.1 Å². The van der Waals surface area contributed by atoms with E-state index in [1.165, 1.54) is 39.0 Å². The van der Waals surface area contributed by atoms with Crippen LogP contribution in [0.15, 0.2) is 36.4 Å². The molecule has 3 atom stereocenters. The number of allylic oxidation sites excluding steroid dienone is 2. The molecule has 1 aliphatic rings. The van der Waals surface area contributed by atoms with Gasteiger partial charge in [-0.3, -0.25) is 14.4 Å². The van der Waals surface area contributed by atoms with Crippen LogP contribution in [0.2, 0.25) is 0 Å². The number of amides is 2. The minimum Gasteiger partial charge on any atom is -0.459 e. The second-order valence-electron chi connectivity index (χ2n) is 9.02. The molecular weight excluding hydrogens is 463 g/mol. The molecule has 2 N–H and O–H groups in total. The summed E-state index contributed by atoms with van der Waals surface area (Å²) in [6, 6.07) is 6.40. The van der Waals surface area contributed by atoms with Crippen LogP contribution >= 0.6 is 0 Å². The molecule has 0 aromatic heterocycles. The molecule has 2 amide bonds. The van der Waals surface area contributed by atoms with Crippen molar-refractivity contribution < 1.29 is 28.2 Å². The first kappa shape index (κ1) is 33.3. The van der Waals surface area contributed by atoms with Gasteiger partial charge in [0.25, 0.3) is 0 Å². The fourth-order valence-corrected chi connectivity index (χ4v) is 3.31. The first-order valence-electron chi connectivity index (χ1n) is 12.6. The topological polar surface area (TPSA) is 98.9 Å². The molecule has 8 heteroatoms. The molecule has 1 saturated heterocycles. The molecule has 0 spiro atoms. The van der Waals surface area contributed by atoms with Gasteiger partial charge in [-0.15, -0.1) is 0 Å². The van der Waals surface area contributed by atoms with Gasteiger partial charge in [0.05, 0.1) is 0 Å². The minimum atomic E-state index is -0.902. The van der Waals surface area contributed by atoms with E-state index in [1.807, 2.05) is 24.9 Å². The third kappa shape index (κ3) is 16.0. The van der Waals surface area contributed by atoms with E-state index in [1.54, 1.807) is 12.1 Å². The highest BCUT2D eigenvalue weighted by Crippen LogP contribution is 2.13. The zero-order valence-electron chi connectivity index (χ0n) is 22.8. The minimum absolute atomic E-state index is 0.171. The Hall–Kier alpha value is -2.74. The fraction of sp³-hybridized carbons (Fsp3) is 0.607. The number of carbonyl (C=O) groups excluding carboxylic acids is 3. The molecule has 1 aliphatic heterocycles. The van der Waals surface area contributed by atoms with Crippen molar-refractivity contribution in [1.82, 2.24) is 4.90 Å². The Bertz CT molecular complexity index is 777. The lowest BCUT2D eigenvalue weighted by molar-refractivity contribution is -0.157. The number of ether oxygens (including phenoxy) is 2. The standard InChI is InChI=1S/C14H25NO4.C7H7F.C7H13NO/c1-5-10(2)8-6-7-9-12(19-11(3)16)13(18-4)14(15)17;1-6-2-4-7(8)5-3-6;1-8-6-4-2-3-5-7(8)9/h6,8,10,12-13H,5,7,9H2,1-4H3,(H2,15,17);2-5H,1H3;2-6H2,1H3/b8-6+;;. The van der Waals surface area contributed by atoms with E-state index in [0.717, 1.165) is 31.4 Å². The van der Waals surface area contributed by atoms with Gasteiger partial charge in [-0.25, -0.2) is 4.39 Å². The number of nitrogens with zero attached hydrogens (tertiary/aromatic N) is 1. The van der Waals surface area contributed by atoms with Crippen molar-refractivity contribution in [1.29, 1.82) is 0 Å². The number of hydrogen-bond donors (Lipinski definition) is 1. The highest BCUT2D eigenvalue weighted by molar-refractivity contribution is 5.80. The Kier molecular flexibility index (Phi) is 18.0. The van der Waals surface area contributed by atoms with Gasteiger partial charge >= 0.3 is 5.97 Å². The number of halogens is 1. The molecular formula is C28H45FN2O5. The van der Waals surface area contributed by atoms with E-state index >= 15 is 0 Å². The number of likely N-dealkylation sites (tertiary alicyclic amines) is 1. The summed E-state index contributed by atoms with van der Waals surface area (Å²) in [7, 11) is 3.26. The number of benzene rings is 1. The predicted molar refractivity (Wildman–Crippen MR) is 141 cm³/mol. The Labute approximate surface area is 216 Å². The predicted octanol–water partition coefficient (Wildman–Crippen LogP) is 4.95. The van der Waals surface area contributed by atoms with Gasteiger partial charge in [-0.2, -0.15) is 0 Å². The van der Waals surface area contributed by atoms with Gasteiger partial charge in [-0.05, 0) is 50.7 Å². The van der Waals surface area contributed by atoms with Gasteiger partial charge in [0.2, 0.25) is 11.8 Å². The van der Waals surface area contributed by atoms with Crippen LogP contribution in [0.25, 0.3) is 0 Å². The molecule has 36 heavy (non-hydrogen) atoms. The molecule has 7 nitrogen and oxygen atoms in total. The van der Waals surface area contributed by atoms with E-state index in [2.05, 4.69) is 19.9 Å². The van der Waals surface area contributed by atoms with Gasteiger partial charge in [0.15, 0.2) is 6.10 Å². The van der Waals surface area contributed by atoms with Crippen LogP contribution in [-0.4, -0.2) is 55.6 Å². The number of carbonyl (C=O) groups is 3. The normalized spacial score (nSPS) is 16.0. The Morgan fingerprint density at radius 1 is 1.19 bits per heavy atom. The molecule has 0 saturated carbocycles. The van der Waals surface area contributed by atoms with E-state index in [4.69, 9.17) is 15.2 Å². The van der Waals surface area contributed by atoms with Crippen molar-refractivity contribution in [3.05, 3.63) is 47.8 Å². The van der Waals surface area contributed by atoms with Crippen molar-refractivity contribution in [2.45, 2.75) is 84.8 Å². The van der Waals surface area contributed by atoms with E-state index in [-0.39, 0.29) is 5.82 Å². The van der Waals surface area contributed by atoms with Gasteiger partial charge in [0, 0.05) is 34.0 Å². The molecule has 2 rings (SSSR count). The summed E-state index contributed by atoms with van der Waals surface area (Å²) < 4.78 is 22.2. The maximum Gasteiger partial charge on any atom is 0.303 e. The van der Waals surface area contributed by atoms with Crippen molar-refractivity contribution in [3.63, 3.8) is 0 Å². The first-order valence-corrected chi connectivity index (χ1v) is 12.6. The van der Waals surface area contributed by atoms with Crippen LogP contribution in [-0.2, 0) is 23.9 Å². The lowest BCUT2D eigenvalue weighted by Gasteiger charge is -2.22. The van der Waals surface area contributed by atoms with Crippen LogP contribution < -0.4 is 5.73 Å². The van der Waals surface area contributed by atoms with E-state index in [0.29, 0.717) is 24.7 Å². The highest BCUT2D eigenvalue weighted by atomic mass is 19.1. The number of esters is 1. The van der Waals surface area contributed by atoms with Crippen molar-refractivity contribution >= 4 is 17.8 Å². The number of rotatable bonds is 9. The Morgan fingerprint density at radius 3 is 2.33 bits per heavy atom. The second kappa shape index (κ2) is 19.4. The van der Waals surface area contributed by atoms with Crippen molar-refractivity contribution in [2.24, 2.45) is 11.7 Å². The van der Waals surface area contributed by atoms with Gasteiger partial charge in [-0.1, -0.05) is 56.5 Å². The lowest BCUT2D eigenvalue weighted by Crippen LogP contribution is -2.42. The largest absolute Gasteiger partial charge is 0.459 e. The summed E-state index contributed by atoms with van der Waals surface area (Å²) in [6.07, 6.45) is 9.13. The molecule has 1 aromatic carbocycles. The number of aryl methyl sites for hydroxylation is 1. The van der Waals surface area contributed by atoms with Crippen LogP contribution in [0.1, 0.15) is 71.3 Å². The summed E-state index contributed by atoms with van der Waals surface area (Å²) in [5.41, 5.74) is 6.31. The monoisotopic (exact) mass is 508 g/mol. The number of methoxy groups -OCH3 is 1. The van der Waals surface area contributed by atoms with Gasteiger partial charge < -0.3 is 20.1 Å². The molecule has 1 heterocycles. The van der Waals surface area contributed by atoms with Crippen LogP contribution in [0.4, 0.5) is 4.39 Å². The SMILES string of the molecule is CCC(C)/C=C/CCC(OC(C)=O)C(OC)C(N)=O.CN1CCCCCC1=O.Cc1ccc(F)cc1. The third-order valence-corrected chi connectivity index (χ3v) is 5.74. The Balaban J connectivity index is 0.000000587. The van der Waals surface area contributed by atoms with Crippen molar-refractivity contribution in [3.8, 4) is 0 Å². The van der Waals surface area contributed by atoms with Crippen LogP contribution in [0, 0.1) is 18.7 Å². The summed E-state index contributed by atoms with van der Waals surface area (Å²) in [4.78, 5) is 35.0. The average Bonchev–Trinajstić information content (AvgIpc) is 3.02. The summed E-state index contributed by atoms with van der Waals surface area (Å²) in [6.45, 7) is 8.43. The smallest absolute Gasteiger partial charge is 0.303 e. The van der Waals surface area contributed by atoms with Gasteiger partial charge in [0.1, 0.15) is 11.9 Å². The van der Waals surface area contributed by atoms with Crippen LogP contribution in [0.5, 0.6) is 0 Å². The van der Waals surface area contributed by atoms with Crippen LogP contribution in [0.3, 0.4) is 0 Å². The zero-order chi connectivity index (χ0) is 27.5. The average molecular weight is 509 g/mol. The summed E-state index contributed by atoms with van der Waals surface area (Å²) in [5, 5.41) is 0. The first-order chi connectivity index (χ1) is 17.0. The van der Waals surface area contributed by atoms with E-state index in [9.17, 15) is 18.8 Å². The number of primary amides is 1. The molecule has 0 bridgehead atoms. The fourth-order valence-electron chi connectivity index (χ4n) is 3.31. The quantitative estimate of drug-likeness (QED) is 0.376. The lowest BCUT2D eigenvalue weighted by atomic mass is 10.0. The maximum absolute atomic E-state index is 12.1. The second-order valence-corrected chi connectivity index (χ2v) is 9.02. The summed E-state index contributed by atoms with van der Waals surface area (Å²) in [5.74, 6) is -0.413. The van der Waals surface area contributed by atoms with Crippen molar-refractivity contribution in [2.75, 3.05) is 20.7 Å². The third-order valence-electron chi connectivity index (χ3n) is 5.74. The molecule has 204 valence electrons. The highest BCUT2D eigenvalue weighted by Gasteiger charge is 2.28. The number of nitrogens with two attached hydrogens (primary N) is 1. The molecule has 0 radical (unpaired) electrons. The summed E-state index contributed by atoms with van der Waals surface area (Å²) >= 11 is 0. The maximum atomic E-state index is 12.1. The molecule has 1 aromatic rings. The Morgan fingerprint density at radius 2 is 1.83 bits per heavy atom. The molecule has 3 unspecified atom stereocenters.